The van der Waals surface area contributed by atoms with Crippen molar-refractivity contribution in [1.29, 1.82) is 5.26 Å². The summed E-state index contributed by atoms with van der Waals surface area (Å²) in [5.41, 5.74) is 3.41. The van der Waals surface area contributed by atoms with Gasteiger partial charge >= 0.3 is 0 Å². The van der Waals surface area contributed by atoms with Gasteiger partial charge in [0.1, 0.15) is 28.8 Å². The van der Waals surface area contributed by atoms with E-state index >= 15 is 0 Å². The summed E-state index contributed by atoms with van der Waals surface area (Å²) in [7, 11) is 3.57. The predicted octanol–water partition coefficient (Wildman–Crippen LogP) is 6.44. The normalized spacial score (nSPS) is 11.0. The van der Waals surface area contributed by atoms with E-state index in [1.54, 1.807) is 19.5 Å². The van der Waals surface area contributed by atoms with E-state index in [9.17, 15) is 5.26 Å². The van der Waals surface area contributed by atoms with Crippen LogP contribution in [0.25, 0.3) is 11.3 Å². The van der Waals surface area contributed by atoms with Crippen LogP contribution < -0.4 is 9.47 Å². The zero-order chi connectivity index (χ0) is 22.5. The predicted molar refractivity (Wildman–Crippen MR) is 126 cm³/mol. The van der Waals surface area contributed by atoms with Crippen LogP contribution in [-0.2, 0) is 0 Å². The highest BCUT2D eigenvalue weighted by Gasteiger charge is 2.19. The van der Waals surface area contributed by atoms with Gasteiger partial charge < -0.3 is 14.4 Å². The molecule has 6 nitrogen and oxygen atoms in total. The van der Waals surface area contributed by atoms with E-state index in [0.29, 0.717) is 33.1 Å². The van der Waals surface area contributed by atoms with Crippen LogP contribution in [0, 0.1) is 18.3 Å². The van der Waals surface area contributed by atoms with Gasteiger partial charge in [-0.1, -0.05) is 11.6 Å². The number of nitriles is 1. The zero-order valence-electron chi connectivity index (χ0n) is 18.0. The van der Waals surface area contributed by atoms with Crippen molar-refractivity contribution in [2.75, 3.05) is 14.2 Å². The van der Waals surface area contributed by atoms with Gasteiger partial charge in [0, 0.05) is 30.2 Å². The SMILES string of the molecule is COc1ccc(-c2nsc(Oc3cc(C)c(N=CN(C)C(C)C)cc3Cl)c2C#N)cc1. The fourth-order valence-corrected chi connectivity index (χ4v) is 3.57. The first kappa shape index (κ1) is 22.6. The number of aromatic nitrogens is 1. The van der Waals surface area contributed by atoms with Crippen molar-refractivity contribution in [2.45, 2.75) is 26.8 Å². The van der Waals surface area contributed by atoms with E-state index in [-0.39, 0.29) is 0 Å². The second-order valence-electron chi connectivity index (χ2n) is 7.21. The summed E-state index contributed by atoms with van der Waals surface area (Å²) in [6.45, 7) is 6.11. The zero-order valence-corrected chi connectivity index (χ0v) is 19.6. The van der Waals surface area contributed by atoms with E-state index < -0.39 is 0 Å². The van der Waals surface area contributed by atoms with Gasteiger partial charge in [0.2, 0.25) is 5.06 Å². The molecule has 0 aliphatic carbocycles. The monoisotopic (exact) mass is 454 g/mol. The van der Waals surface area contributed by atoms with Crippen molar-refractivity contribution in [2.24, 2.45) is 4.99 Å². The van der Waals surface area contributed by atoms with Crippen molar-refractivity contribution in [3.63, 3.8) is 0 Å². The van der Waals surface area contributed by atoms with E-state index in [4.69, 9.17) is 21.1 Å². The molecule has 8 heteroatoms. The fraction of sp³-hybridized carbons (Fsp3) is 0.261. The van der Waals surface area contributed by atoms with Gasteiger partial charge in [-0.3, -0.25) is 0 Å². The number of halogens is 1. The van der Waals surface area contributed by atoms with E-state index in [2.05, 4.69) is 29.3 Å². The molecule has 3 aromatic rings. The molecule has 0 fully saturated rings. The van der Waals surface area contributed by atoms with Crippen LogP contribution >= 0.6 is 23.1 Å². The van der Waals surface area contributed by atoms with Crippen LogP contribution in [0.1, 0.15) is 25.0 Å². The summed E-state index contributed by atoms with van der Waals surface area (Å²) in [6, 6.07) is 13.5. The van der Waals surface area contributed by atoms with E-state index in [1.165, 1.54) is 0 Å². The Balaban J connectivity index is 1.88. The molecule has 2 aromatic carbocycles. The molecule has 0 unspecified atom stereocenters. The number of hydrogen-bond donors (Lipinski definition) is 0. The summed E-state index contributed by atoms with van der Waals surface area (Å²) in [5.74, 6) is 1.19. The number of ether oxygens (including phenoxy) is 2. The molecule has 0 saturated carbocycles. The Morgan fingerprint density at radius 1 is 1.26 bits per heavy atom. The Kier molecular flexibility index (Phi) is 7.16. The average molecular weight is 455 g/mol. The van der Waals surface area contributed by atoms with Crippen LogP contribution in [-0.4, -0.2) is 35.8 Å². The van der Waals surface area contributed by atoms with Gasteiger partial charge in [-0.15, -0.1) is 0 Å². The number of nitrogens with zero attached hydrogens (tertiary/aromatic N) is 4. The van der Waals surface area contributed by atoms with Crippen LogP contribution in [0.4, 0.5) is 5.69 Å². The Morgan fingerprint density at radius 2 is 1.97 bits per heavy atom. The van der Waals surface area contributed by atoms with Crippen molar-refractivity contribution in [3.8, 4) is 33.9 Å². The minimum Gasteiger partial charge on any atom is -0.497 e. The van der Waals surface area contributed by atoms with Crippen LogP contribution in [0.3, 0.4) is 0 Å². The number of aliphatic imine (C=N–C) groups is 1. The highest BCUT2D eigenvalue weighted by Crippen LogP contribution is 2.40. The van der Waals surface area contributed by atoms with Crippen LogP contribution in [0.2, 0.25) is 5.02 Å². The summed E-state index contributed by atoms with van der Waals surface area (Å²) in [4.78, 5) is 6.53. The molecule has 0 atom stereocenters. The third kappa shape index (κ3) is 5.16. The highest BCUT2D eigenvalue weighted by atomic mass is 35.5. The third-order valence-corrected chi connectivity index (χ3v) is 5.81. The molecular weight excluding hydrogens is 432 g/mol. The maximum Gasteiger partial charge on any atom is 0.218 e. The largest absolute Gasteiger partial charge is 0.497 e. The molecular formula is C23H23ClN4O2S. The summed E-state index contributed by atoms with van der Waals surface area (Å²) >= 11 is 7.57. The second kappa shape index (κ2) is 9.82. The number of aryl methyl sites for hydroxylation is 1. The number of hydrogen-bond acceptors (Lipinski definition) is 6. The molecule has 1 aromatic heterocycles. The Hall–Kier alpha value is -3.08. The number of benzene rings is 2. The van der Waals surface area contributed by atoms with Crippen LogP contribution in [0.5, 0.6) is 16.6 Å². The minimum atomic E-state index is 0.345. The fourth-order valence-electron chi connectivity index (χ4n) is 2.64. The first-order valence-electron chi connectivity index (χ1n) is 9.62. The maximum atomic E-state index is 9.72. The maximum absolute atomic E-state index is 9.72. The molecule has 1 heterocycles. The van der Waals surface area contributed by atoms with Gasteiger partial charge in [0.15, 0.2) is 0 Å². The van der Waals surface area contributed by atoms with E-state index in [0.717, 1.165) is 34.1 Å². The lowest BCUT2D eigenvalue weighted by Gasteiger charge is -2.17. The molecule has 0 aliphatic heterocycles. The highest BCUT2D eigenvalue weighted by molar-refractivity contribution is 7.08. The lowest BCUT2D eigenvalue weighted by Crippen LogP contribution is -2.24. The topological polar surface area (TPSA) is 70.7 Å². The van der Waals surface area contributed by atoms with Crippen LogP contribution in [0.15, 0.2) is 41.4 Å². The second-order valence-corrected chi connectivity index (χ2v) is 8.35. The number of methoxy groups -OCH3 is 1. The van der Waals surface area contributed by atoms with Gasteiger partial charge in [0.05, 0.1) is 24.2 Å². The smallest absolute Gasteiger partial charge is 0.218 e. The first-order valence-corrected chi connectivity index (χ1v) is 10.8. The third-order valence-electron chi connectivity index (χ3n) is 4.78. The van der Waals surface area contributed by atoms with Crippen molar-refractivity contribution < 1.29 is 9.47 Å². The molecule has 0 amide bonds. The molecule has 3 rings (SSSR count). The lowest BCUT2D eigenvalue weighted by atomic mass is 10.1. The quantitative estimate of drug-likeness (QED) is 0.303. The molecule has 0 spiro atoms. The molecule has 0 radical (unpaired) electrons. The van der Waals surface area contributed by atoms with Gasteiger partial charge in [-0.25, -0.2) is 4.99 Å². The summed E-state index contributed by atoms with van der Waals surface area (Å²) in [5, 5.41) is 10.5. The van der Waals surface area contributed by atoms with Crippen molar-refractivity contribution in [1.82, 2.24) is 9.27 Å². The molecule has 0 saturated heterocycles. The first-order chi connectivity index (χ1) is 14.8. The average Bonchev–Trinajstić information content (AvgIpc) is 3.17. The van der Waals surface area contributed by atoms with E-state index in [1.807, 2.05) is 49.2 Å². The van der Waals surface area contributed by atoms with Gasteiger partial charge in [-0.05, 0) is 62.7 Å². The molecule has 0 bridgehead atoms. The Bertz CT molecular complexity index is 1130. The summed E-state index contributed by atoms with van der Waals surface area (Å²) in [6.07, 6.45) is 1.78. The molecule has 31 heavy (non-hydrogen) atoms. The molecule has 160 valence electrons. The van der Waals surface area contributed by atoms with Gasteiger partial charge in [0.25, 0.3) is 0 Å². The Labute approximate surface area is 191 Å². The minimum absolute atomic E-state index is 0.345. The summed E-state index contributed by atoms with van der Waals surface area (Å²) < 4.78 is 15.6. The van der Waals surface area contributed by atoms with Crippen molar-refractivity contribution >= 4 is 35.2 Å². The molecule has 0 N–H and O–H groups in total. The lowest BCUT2D eigenvalue weighted by molar-refractivity contribution is 0.415. The Morgan fingerprint density at radius 3 is 2.58 bits per heavy atom. The molecule has 0 aliphatic rings. The van der Waals surface area contributed by atoms with Crippen molar-refractivity contribution in [3.05, 3.63) is 52.5 Å². The standard InChI is InChI=1S/C23H23ClN4O2S/c1-14(2)28(4)13-26-20-11-19(24)21(10-15(20)3)30-23-18(12-25)22(27-31-23)16-6-8-17(29-5)9-7-16/h6-11,13-14H,1-5H3. The number of rotatable bonds is 7. The van der Waals surface area contributed by atoms with Gasteiger partial charge in [-0.2, -0.15) is 9.64 Å².